The maximum Gasteiger partial charge on any atom is 0.0219 e. The second kappa shape index (κ2) is 5.79. The van der Waals surface area contributed by atoms with Crippen molar-refractivity contribution in [1.29, 1.82) is 0 Å². The highest BCUT2D eigenvalue weighted by atomic mass is 14.9. The fraction of sp³-hybridized carbons (Fsp3) is 0.714. The van der Waals surface area contributed by atoms with Gasteiger partial charge in [-0.1, -0.05) is 6.08 Å². The summed E-state index contributed by atoms with van der Waals surface area (Å²) < 4.78 is 0. The standard InChI is InChI=1S/C7H16N2/c1-3-7(2)9-6-4-5-8/h3,7,9H,1,4-6,8H2,2H3. The van der Waals surface area contributed by atoms with Gasteiger partial charge in [-0.3, -0.25) is 0 Å². The zero-order valence-corrected chi connectivity index (χ0v) is 6.06. The Bertz CT molecular complexity index is 71.3. The van der Waals surface area contributed by atoms with E-state index in [4.69, 9.17) is 5.73 Å². The molecule has 0 aliphatic rings. The van der Waals surface area contributed by atoms with Crippen LogP contribution in [0.1, 0.15) is 13.3 Å². The van der Waals surface area contributed by atoms with Gasteiger partial charge in [-0.15, -0.1) is 6.58 Å². The molecule has 9 heavy (non-hydrogen) atoms. The monoisotopic (exact) mass is 128 g/mol. The smallest absolute Gasteiger partial charge is 0.0219 e. The Kier molecular flexibility index (Phi) is 5.57. The van der Waals surface area contributed by atoms with Gasteiger partial charge in [0.25, 0.3) is 0 Å². The first-order chi connectivity index (χ1) is 4.31. The third-order valence-corrected chi connectivity index (χ3v) is 1.20. The number of hydrogen-bond donors (Lipinski definition) is 2. The van der Waals surface area contributed by atoms with Crippen LogP contribution >= 0.6 is 0 Å². The highest BCUT2D eigenvalue weighted by Crippen LogP contribution is 1.80. The molecule has 1 unspecified atom stereocenters. The number of hydrogen-bond acceptors (Lipinski definition) is 2. The van der Waals surface area contributed by atoms with Gasteiger partial charge in [-0.05, 0) is 26.4 Å². The molecule has 2 heteroatoms. The van der Waals surface area contributed by atoms with E-state index in [2.05, 4.69) is 18.8 Å². The van der Waals surface area contributed by atoms with Crippen LogP contribution in [0.15, 0.2) is 12.7 Å². The molecule has 0 saturated carbocycles. The first-order valence-corrected chi connectivity index (χ1v) is 3.37. The average molecular weight is 128 g/mol. The van der Waals surface area contributed by atoms with Crippen molar-refractivity contribution in [1.82, 2.24) is 5.32 Å². The van der Waals surface area contributed by atoms with E-state index >= 15 is 0 Å². The van der Waals surface area contributed by atoms with Crippen LogP contribution < -0.4 is 11.1 Å². The van der Waals surface area contributed by atoms with Crippen molar-refractivity contribution in [3.8, 4) is 0 Å². The predicted octanol–water partition coefficient (Wildman–Crippen LogP) is 0.499. The van der Waals surface area contributed by atoms with Crippen LogP contribution in [0.25, 0.3) is 0 Å². The van der Waals surface area contributed by atoms with E-state index in [0.717, 1.165) is 19.5 Å². The van der Waals surface area contributed by atoms with Crippen molar-refractivity contribution >= 4 is 0 Å². The van der Waals surface area contributed by atoms with Gasteiger partial charge >= 0.3 is 0 Å². The fourth-order valence-corrected chi connectivity index (χ4v) is 0.515. The Morgan fingerprint density at radius 2 is 2.44 bits per heavy atom. The molecule has 0 saturated heterocycles. The normalized spacial score (nSPS) is 13.1. The summed E-state index contributed by atoms with van der Waals surface area (Å²) in [6.07, 6.45) is 2.93. The minimum atomic E-state index is 0.413. The van der Waals surface area contributed by atoms with Crippen LogP contribution in [-0.4, -0.2) is 19.1 Å². The molecule has 0 radical (unpaired) electrons. The summed E-state index contributed by atoms with van der Waals surface area (Å²) in [5.41, 5.74) is 5.29. The highest BCUT2D eigenvalue weighted by molar-refractivity contribution is 4.80. The summed E-state index contributed by atoms with van der Waals surface area (Å²) in [6, 6.07) is 0.413. The third kappa shape index (κ3) is 5.53. The molecule has 0 heterocycles. The third-order valence-electron chi connectivity index (χ3n) is 1.20. The molecule has 0 rings (SSSR count). The first-order valence-electron chi connectivity index (χ1n) is 3.37. The van der Waals surface area contributed by atoms with Crippen molar-refractivity contribution in [2.45, 2.75) is 19.4 Å². The zero-order valence-electron chi connectivity index (χ0n) is 6.06. The lowest BCUT2D eigenvalue weighted by Gasteiger charge is -2.06. The topological polar surface area (TPSA) is 38.0 Å². The summed E-state index contributed by atoms with van der Waals surface area (Å²) in [5.74, 6) is 0. The lowest BCUT2D eigenvalue weighted by atomic mass is 10.3. The van der Waals surface area contributed by atoms with E-state index in [1.54, 1.807) is 0 Å². The van der Waals surface area contributed by atoms with Crippen molar-refractivity contribution < 1.29 is 0 Å². The van der Waals surface area contributed by atoms with Crippen LogP contribution in [0, 0.1) is 0 Å². The first kappa shape index (κ1) is 8.66. The maximum atomic E-state index is 5.29. The van der Waals surface area contributed by atoms with E-state index in [0.29, 0.717) is 6.04 Å². The van der Waals surface area contributed by atoms with Gasteiger partial charge in [-0.2, -0.15) is 0 Å². The quantitative estimate of drug-likeness (QED) is 0.418. The van der Waals surface area contributed by atoms with Gasteiger partial charge in [-0.25, -0.2) is 0 Å². The number of nitrogens with two attached hydrogens (primary N) is 1. The Balaban J connectivity index is 2.96. The lowest BCUT2D eigenvalue weighted by Crippen LogP contribution is -2.26. The summed E-state index contributed by atoms with van der Waals surface area (Å²) in [4.78, 5) is 0. The van der Waals surface area contributed by atoms with Gasteiger partial charge in [0.15, 0.2) is 0 Å². The molecule has 0 amide bonds. The molecular weight excluding hydrogens is 112 g/mol. The van der Waals surface area contributed by atoms with Gasteiger partial charge in [0.1, 0.15) is 0 Å². The SMILES string of the molecule is C=CC(C)NCCCN. The van der Waals surface area contributed by atoms with Gasteiger partial charge in [0.2, 0.25) is 0 Å². The second-order valence-corrected chi connectivity index (χ2v) is 2.12. The van der Waals surface area contributed by atoms with Crippen LogP contribution in [-0.2, 0) is 0 Å². The Hall–Kier alpha value is -0.340. The Labute approximate surface area is 57.1 Å². The minimum Gasteiger partial charge on any atom is -0.330 e. The zero-order chi connectivity index (χ0) is 7.11. The lowest BCUT2D eigenvalue weighted by molar-refractivity contribution is 0.611. The molecule has 1 atom stereocenters. The molecule has 0 aromatic rings. The van der Waals surface area contributed by atoms with Gasteiger partial charge in [0.05, 0.1) is 0 Å². The summed E-state index contributed by atoms with van der Waals surface area (Å²) in [6.45, 7) is 7.47. The Morgan fingerprint density at radius 1 is 1.78 bits per heavy atom. The second-order valence-electron chi connectivity index (χ2n) is 2.12. The highest BCUT2D eigenvalue weighted by Gasteiger charge is 1.90. The van der Waals surface area contributed by atoms with Crippen molar-refractivity contribution in [2.75, 3.05) is 13.1 Å². The molecule has 54 valence electrons. The molecule has 0 spiro atoms. The van der Waals surface area contributed by atoms with Crippen LogP contribution in [0.3, 0.4) is 0 Å². The summed E-state index contributed by atoms with van der Waals surface area (Å²) >= 11 is 0. The predicted molar refractivity (Wildman–Crippen MR) is 41.3 cm³/mol. The minimum absolute atomic E-state index is 0.413. The molecule has 2 nitrogen and oxygen atoms in total. The van der Waals surface area contributed by atoms with Crippen LogP contribution in [0.4, 0.5) is 0 Å². The molecule has 3 N–H and O–H groups in total. The molecule has 0 bridgehead atoms. The van der Waals surface area contributed by atoms with Crippen molar-refractivity contribution in [3.05, 3.63) is 12.7 Å². The van der Waals surface area contributed by atoms with Crippen LogP contribution in [0.5, 0.6) is 0 Å². The fourth-order valence-electron chi connectivity index (χ4n) is 0.515. The van der Waals surface area contributed by atoms with E-state index in [1.807, 2.05) is 6.08 Å². The van der Waals surface area contributed by atoms with E-state index < -0.39 is 0 Å². The molecule has 0 fully saturated rings. The average Bonchev–Trinajstić information content (AvgIpc) is 1.89. The maximum absolute atomic E-state index is 5.29. The summed E-state index contributed by atoms with van der Waals surface area (Å²) in [7, 11) is 0. The summed E-state index contributed by atoms with van der Waals surface area (Å²) in [5, 5.41) is 3.24. The molecule has 0 aliphatic carbocycles. The van der Waals surface area contributed by atoms with E-state index in [9.17, 15) is 0 Å². The molecule has 0 aromatic heterocycles. The number of rotatable bonds is 5. The van der Waals surface area contributed by atoms with Gasteiger partial charge in [0, 0.05) is 6.04 Å². The van der Waals surface area contributed by atoms with Gasteiger partial charge < -0.3 is 11.1 Å². The Morgan fingerprint density at radius 3 is 2.89 bits per heavy atom. The molecular formula is C7H16N2. The van der Waals surface area contributed by atoms with Crippen LogP contribution in [0.2, 0.25) is 0 Å². The number of nitrogens with one attached hydrogen (secondary N) is 1. The molecule has 0 aliphatic heterocycles. The van der Waals surface area contributed by atoms with E-state index in [-0.39, 0.29) is 0 Å². The van der Waals surface area contributed by atoms with Crippen molar-refractivity contribution in [2.24, 2.45) is 5.73 Å². The largest absolute Gasteiger partial charge is 0.330 e. The van der Waals surface area contributed by atoms with E-state index in [1.165, 1.54) is 0 Å². The molecule has 0 aromatic carbocycles. The van der Waals surface area contributed by atoms with Crippen molar-refractivity contribution in [3.63, 3.8) is 0 Å².